The highest BCUT2D eigenvalue weighted by molar-refractivity contribution is 6.33. The summed E-state index contributed by atoms with van der Waals surface area (Å²) in [6, 6.07) is 2.53. The van der Waals surface area contributed by atoms with Crippen molar-refractivity contribution in [2.45, 2.75) is 52.2 Å². The Hall–Kier alpha value is -2.02. The zero-order chi connectivity index (χ0) is 21.1. The van der Waals surface area contributed by atoms with E-state index in [1.54, 1.807) is 4.90 Å². The van der Waals surface area contributed by atoms with Crippen molar-refractivity contribution in [3.63, 3.8) is 0 Å². The molecule has 1 atom stereocenters. The molecule has 0 radical (unpaired) electrons. The van der Waals surface area contributed by atoms with E-state index in [1.807, 2.05) is 27.7 Å². The van der Waals surface area contributed by atoms with E-state index < -0.39 is 17.4 Å². The zero-order valence-electron chi connectivity index (χ0n) is 17.0. The van der Waals surface area contributed by atoms with Crippen LogP contribution in [-0.2, 0) is 9.47 Å². The van der Waals surface area contributed by atoms with E-state index in [9.17, 15) is 14.0 Å². The summed E-state index contributed by atoms with van der Waals surface area (Å²) in [7, 11) is 1.24. The van der Waals surface area contributed by atoms with Gasteiger partial charge in [0.2, 0.25) is 0 Å². The summed E-state index contributed by atoms with van der Waals surface area (Å²) in [4.78, 5) is 25.6. The number of anilines is 1. The molecule has 6 nitrogen and oxygen atoms in total. The van der Waals surface area contributed by atoms with Crippen molar-refractivity contribution in [1.82, 2.24) is 4.90 Å². The highest BCUT2D eigenvalue weighted by Crippen LogP contribution is 2.30. The number of halogens is 2. The number of nitrogens with zero attached hydrogens (tertiary/aromatic N) is 1. The van der Waals surface area contributed by atoms with Crippen LogP contribution in [0.5, 0.6) is 0 Å². The number of methoxy groups -OCH3 is 1. The van der Waals surface area contributed by atoms with Crippen LogP contribution in [0.1, 0.15) is 50.9 Å². The Bertz CT molecular complexity index is 728. The summed E-state index contributed by atoms with van der Waals surface area (Å²) in [5.74, 6) is -1.05. The fraction of sp³-hybridized carbons (Fsp3) is 0.600. The van der Waals surface area contributed by atoms with Gasteiger partial charge in [-0.2, -0.15) is 0 Å². The molecular formula is C20H28ClFN2O4. The van der Waals surface area contributed by atoms with Crippen LogP contribution >= 0.6 is 11.6 Å². The highest BCUT2D eigenvalue weighted by atomic mass is 35.5. The molecule has 0 bridgehead atoms. The second-order valence-corrected chi connectivity index (χ2v) is 8.43. The molecule has 28 heavy (non-hydrogen) atoms. The molecule has 8 heteroatoms. The topological polar surface area (TPSA) is 67.9 Å². The number of benzene rings is 1. The molecule has 1 heterocycles. The van der Waals surface area contributed by atoms with Gasteiger partial charge in [-0.25, -0.2) is 14.0 Å². The summed E-state index contributed by atoms with van der Waals surface area (Å²) < 4.78 is 24.1. The minimum Gasteiger partial charge on any atom is -0.465 e. The van der Waals surface area contributed by atoms with Crippen molar-refractivity contribution in [3.8, 4) is 0 Å². The molecular weight excluding hydrogens is 387 g/mol. The third-order valence-electron chi connectivity index (χ3n) is 4.73. The molecule has 0 saturated carbocycles. The summed E-state index contributed by atoms with van der Waals surface area (Å²) in [6.45, 7) is 8.69. The Morgan fingerprint density at radius 2 is 1.89 bits per heavy atom. The average Bonchev–Trinajstić information content (AvgIpc) is 2.63. The minimum absolute atomic E-state index is 0.0226. The van der Waals surface area contributed by atoms with Gasteiger partial charge in [0.1, 0.15) is 11.4 Å². The molecule has 1 saturated heterocycles. The van der Waals surface area contributed by atoms with Crippen molar-refractivity contribution in [2.75, 3.05) is 25.5 Å². The van der Waals surface area contributed by atoms with Crippen molar-refractivity contribution >= 4 is 29.4 Å². The standard InChI is InChI=1S/C20H28ClFN2O4/c1-12(13-6-8-24(9-7-13)19(26)28-20(2,3)4)23-16-11-14(18(25)27-5)10-15(22)17(16)21/h10-13,23H,6-9H2,1-5H3/t12-/m0/s1. The molecule has 0 aromatic heterocycles. The molecule has 1 aliphatic rings. The summed E-state index contributed by atoms with van der Waals surface area (Å²) in [5, 5.41) is 3.14. The molecule has 2 rings (SSSR count). The molecule has 0 spiro atoms. The van der Waals surface area contributed by atoms with Gasteiger partial charge in [0, 0.05) is 19.1 Å². The number of carbonyl (C=O) groups is 2. The van der Waals surface area contributed by atoms with Gasteiger partial charge >= 0.3 is 12.1 Å². The van der Waals surface area contributed by atoms with Crippen molar-refractivity contribution < 1.29 is 23.5 Å². The molecule has 1 aliphatic heterocycles. The van der Waals surface area contributed by atoms with Crippen LogP contribution in [0, 0.1) is 11.7 Å². The first kappa shape index (κ1) is 22.3. The summed E-state index contributed by atoms with van der Waals surface area (Å²) >= 11 is 6.06. The molecule has 1 N–H and O–H groups in total. The van der Waals surface area contributed by atoms with E-state index in [0.717, 1.165) is 18.9 Å². The van der Waals surface area contributed by atoms with E-state index >= 15 is 0 Å². The minimum atomic E-state index is -0.681. The van der Waals surface area contributed by atoms with Crippen molar-refractivity contribution in [1.29, 1.82) is 0 Å². The first-order valence-corrected chi connectivity index (χ1v) is 9.71. The van der Waals surface area contributed by atoms with Gasteiger partial charge in [0.15, 0.2) is 0 Å². The average molecular weight is 415 g/mol. The van der Waals surface area contributed by atoms with Gasteiger partial charge in [-0.15, -0.1) is 0 Å². The number of rotatable bonds is 4. The lowest BCUT2D eigenvalue weighted by Crippen LogP contribution is -2.44. The normalized spacial score (nSPS) is 16.5. The van der Waals surface area contributed by atoms with Crippen LogP contribution < -0.4 is 5.32 Å². The maximum atomic E-state index is 14.1. The second-order valence-electron chi connectivity index (χ2n) is 8.05. The molecule has 1 aromatic carbocycles. The Kier molecular flexibility index (Phi) is 7.15. The van der Waals surface area contributed by atoms with Gasteiger partial charge in [-0.1, -0.05) is 11.6 Å². The highest BCUT2D eigenvalue weighted by Gasteiger charge is 2.29. The van der Waals surface area contributed by atoms with Gasteiger partial charge in [-0.05, 0) is 58.6 Å². The second kappa shape index (κ2) is 8.99. The van der Waals surface area contributed by atoms with Gasteiger partial charge in [0.25, 0.3) is 0 Å². The summed E-state index contributed by atoms with van der Waals surface area (Å²) in [6.07, 6.45) is 1.26. The van der Waals surface area contributed by atoms with E-state index in [4.69, 9.17) is 16.3 Å². The number of piperidine rings is 1. The van der Waals surface area contributed by atoms with Crippen LogP contribution in [0.15, 0.2) is 12.1 Å². The predicted molar refractivity (Wildman–Crippen MR) is 106 cm³/mol. The monoisotopic (exact) mass is 414 g/mol. The molecule has 1 aromatic rings. The Balaban J connectivity index is 1.99. The fourth-order valence-electron chi connectivity index (χ4n) is 3.20. The van der Waals surface area contributed by atoms with E-state index in [1.165, 1.54) is 13.2 Å². The SMILES string of the molecule is COC(=O)c1cc(F)c(Cl)c(N[C@@H](C)C2CCN(C(=O)OC(C)(C)C)CC2)c1. The lowest BCUT2D eigenvalue weighted by molar-refractivity contribution is 0.0179. The molecule has 1 amide bonds. The van der Waals surface area contributed by atoms with Gasteiger partial charge in [0.05, 0.1) is 23.4 Å². The number of hydrogen-bond acceptors (Lipinski definition) is 5. The molecule has 0 aliphatic carbocycles. The lowest BCUT2D eigenvalue weighted by atomic mass is 9.90. The van der Waals surface area contributed by atoms with Crippen LogP contribution in [0.2, 0.25) is 5.02 Å². The third-order valence-corrected chi connectivity index (χ3v) is 5.12. The maximum Gasteiger partial charge on any atom is 0.410 e. The van der Waals surface area contributed by atoms with E-state index in [-0.39, 0.29) is 28.6 Å². The first-order chi connectivity index (χ1) is 13.0. The van der Waals surface area contributed by atoms with E-state index in [2.05, 4.69) is 10.1 Å². The largest absolute Gasteiger partial charge is 0.465 e. The number of carbonyl (C=O) groups excluding carboxylic acids is 2. The van der Waals surface area contributed by atoms with Crippen LogP contribution in [0.25, 0.3) is 0 Å². The van der Waals surface area contributed by atoms with Crippen LogP contribution in [0.3, 0.4) is 0 Å². The number of likely N-dealkylation sites (tertiary alicyclic amines) is 1. The Morgan fingerprint density at radius 3 is 2.43 bits per heavy atom. The zero-order valence-corrected chi connectivity index (χ0v) is 17.7. The number of ether oxygens (including phenoxy) is 2. The Labute approximate surface area is 170 Å². The molecule has 1 fully saturated rings. The number of amides is 1. The Morgan fingerprint density at radius 1 is 1.29 bits per heavy atom. The first-order valence-electron chi connectivity index (χ1n) is 9.33. The van der Waals surface area contributed by atoms with Crippen molar-refractivity contribution in [2.24, 2.45) is 5.92 Å². The number of nitrogens with one attached hydrogen (secondary N) is 1. The molecule has 0 unspecified atom stereocenters. The lowest BCUT2D eigenvalue weighted by Gasteiger charge is -2.36. The van der Waals surface area contributed by atoms with Gasteiger partial charge in [-0.3, -0.25) is 0 Å². The predicted octanol–water partition coefficient (Wildman–Crippen LogP) is 4.71. The summed E-state index contributed by atoms with van der Waals surface area (Å²) in [5.41, 5.74) is -0.0724. The maximum absolute atomic E-state index is 14.1. The quantitative estimate of drug-likeness (QED) is 0.722. The van der Waals surface area contributed by atoms with Crippen LogP contribution in [0.4, 0.5) is 14.9 Å². The number of hydrogen-bond donors (Lipinski definition) is 1. The smallest absolute Gasteiger partial charge is 0.410 e. The number of esters is 1. The fourth-order valence-corrected chi connectivity index (χ4v) is 3.37. The van der Waals surface area contributed by atoms with Gasteiger partial charge < -0.3 is 19.7 Å². The third kappa shape index (κ3) is 5.74. The molecule has 156 valence electrons. The van der Waals surface area contributed by atoms with Crippen LogP contribution in [-0.4, -0.2) is 48.8 Å². The van der Waals surface area contributed by atoms with Crippen molar-refractivity contribution in [3.05, 3.63) is 28.5 Å². The van der Waals surface area contributed by atoms with E-state index in [0.29, 0.717) is 18.8 Å².